The molecule has 0 saturated heterocycles. The highest BCUT2D eigenvalue weighted by Crippen LogP contribution is 2.23. The summed E-state index contributed by atoms with van der Waals surface area (Å²) in [6.45, 7) is 1.96. The van der Waals surface area contributed by atoms with E-state index >= 15 is 0 Å². The van der Waals surface area contributed by atoms with Crippen molar-refractivity contribution >= 4 is 11.4 Å². The maximum absolute atomic E-state index is 9.02. The predicted octanol–water partition coefficient (Wildman–Crippen LogP) is 3.48. The van der Waals surface area contributed by atoms with E-state index in [4.69, 9.17) is 10.5 Å². The fourth-order valence-corrected chi connectivity index (χ4v) is 1.66. The molecule has 0 bridgehead atoms. The van der Waals surface area contributed by atoms with Crippen LogP contribution in [0.3, 0.4) is 0 Å². The molecule has 0 saturated carbocycles. The minimum absolute atomic E-state index is 0.583. The van der Waals surface area contributed by atoms with Crippen LogP contribution in [0.25, 0.3) is 0 Å². The Morgan fingerprint density at radius 1 is 0.944 bits per heavy atom. The van der Waals surface area contributed by atoms with Crippen molar-refractivity contribution in [2.45, 2.75) is 6.92 Å². The third-order valence-corrected chi connectivity index (χ3v) is 2.68. The van der Waals surface area contributed by atoms with Crippen molar-refractivity contribution in [1.82, 2.24) is 0 Å². The van der Waals surface area contributed by atoms with Gasteiger partial charge in [0.1, 0.15) is 6.07 Å². The van der Waals surface area contributed by atoms with E-state index < -0.39 is 0 Å². The van der Waals surface area contributed by atoms with Crippen molar-refractivity contribution in [3.63, 3.8) is 0 Å². The standard InChI is InChI=1S/C15H11N3/c1-11-6-7-12(9-16)8-15(11)18-14-5-3-2-4-13(14)10-17/h2-8,18H,1H3. The van der Waals surface area contributed by atoms with Gasteiger partial charge in [0.25, 0.3) is 0 Å². The van der Waals surface area contributed by atoms with Crippen molar-refractivity contribution in [3.8, 4) is 12.1 Å². The molecule has 0 heterocycles. The first-order valence-electron chi connectivity index (χ1n) is 5.51. The molecule has 86 valence electrons. The fraction of sp³-hybridized carbons (Fsp3) is 0.0667. The van der Waals surface area contributed by atoms with E-state index in [1.54, 1.807) is 18.2 Å². The smallest absolute Gasteiger partial charge is 0.101 e. The van der Waals surface area contributed by atoms with Crippen LogP contribution in [-0.2, 0) is 0 Å². The Hall–Kier alpha value is -2.78. The van der Waals surface area contributed by atoms with Crippen LogP contribution in [0.15, 0.2) is 42.5 Å². The molecule has 2 aromatic rings. The van der Waals surface area contributed by atoms with Gasteiger partial charge in [-0.3, -0.25) is 0 Å². The Bertz CT molecular complexity index is 660. The van der Waals surface area contributed by atoms with Crippen LogP contribution in [0, 0.1) is 29.6 Å². The van der Waals surface area contributed by atoms with Crippen molar-refractivity contribution in [1.29, 1.82) is 10.5 Å². The Kier molecular flexibility index (Phi) is 3.27. The van der Waals surface area contributed by atoms with Crippen LogP contribution in [0.5, 0.6) is 0 Å². The number of hydrogen-bond donors (Lipinski definition) is 1. The van der Waals surface area contributed by atoms with E-state index in [2.05, 4.69) is 17.5 Å². The van der Waals surface area contributed by atoms with Crippen molar-refractivity contribution < 1.29 is 0 Å². The molecule has 0 spiro atoms. The van der Waals surface area contributed by atoms with Gasteiger partial charge in [-0.2, -0.15) is 10.5 Å². The highest BCUT2D eigenvalue weighted by molar-refractivity contribution is 5.69. The summed E-state index contributed by atoms with van der Waals surface area (Å²) in [4.78, 5) is 0. The van der Waals surface area contributed by atoms with E-state index in [-0.39, 0.29) is 0 Å². The number of aryl methyl sites for hydroxylation is 1. The summed E-state index contributed by atoms with van der Waals surface area (Å²) in [5.41, 5.74) is 3.80. The number of hydrogen-bond acceptors (Lipinski definition) is 3. The molecule has 2 rings (SSSR count). The average Bonchev–Trinajstić information content (AvgIpc) is 2.42. The molecule has 0 aliphatic heterocycles. The Balaban J connectivity index is 2.41. The highest BCUT2D eigenvalue weighted by atomic mass is 14.9. The number of rotatable bonds is 2. The minimum Gasteiger partial charge on any atom is -0.354 e. The lowest BCUT2D eigenvalue weighted by Crippen LogP contribution is -1.96. The van der Waals surface area contributed by atoms with Crippen LogP contribution in [0.4, 0.5) is 11.4 Å². The molecule has 0 aliphatic carbocycles. The minimum atomic E-state index is 0.583. The molecule has 1 N–H and O–H groups in total. The number of anilines is 2. The molecule has 0 aromatic heterocycles. The molecule has 18 heavy (non-hydrogen) atoms. The van der Waals surface area contributed by atoms with E-state index in [0.717, 1.165) is 16.9 Å². The second-order valence-electron chi connectivity index (χ2n) is 3.92. The lowest BCUT2D eigenvalue weighted by atomic mass is 10.1. The zero-order valence-electron chi connectivity index (χ0n) is 9.94. The third-order valence-electron chi connectivity index (χ3n) is 2.68. The highest BCUT2D eigenvalue weighted by Gasteiger charge is 2.04. The molecule has 3 nitrogen and oxygen atoms in total. The third kappa shape index (κ3) is 2.31. The van der Waals surface area contributed by atoms with Gasteiger partial charge in [0.05, 0.1) is 22.9 Å². The van der Waals surface area contributed by atoms with E-state index in [0.29, 0.717) is 11.1 Å². The van der Waals surface area contributed by atoms with Gasteiger partial charge < -0.3 is 5.32 Å². The Labute approximate surface area is 106 Å². The molecular formula is C15H11N3. The summed E-state index contributed by atoms with van der Waals surface area (Å²) in [6.07, 6.45) is 0. The summed E-state index contributed by atoms with van der Waals surface area (Å²) in [5, 5.41) is 21.1. The molecule has 0 amide bonds. The number of benzene rings is 2. The Morgan fingerprint density at radius 2 is 1.72 bits per heavy atom. The van der Waals surface area contributed by atoms with Gasteiger partial charge in [-0.15, -0.1) is 0 Å². The van der Waals surface area contributed by atoms with Gasteiger partial charge in [-0.25, -0.2) is 0 Å². The molecule has 2 aromatic carbocycles. The monoisotopic (exact) mass is 233 g/mol. The largest absolute Gasteiger partial charge is 0.354 e. The molecular weight excluding hydrogens is 222 g/mol. The maximum Gasteiger partial charge on any atom is 0.101 e. The van der Waals surface area contributed by atoms with Crippen LogP contribution in [0.2, 0.25) is 0 Å². The maximum atomic E-state index is 9.02. The zero-order valence-corrected chi connectivity index (χ0v) is 9.94. The summed E-state index contributed by atoms with van der Waals surface area (Å²) in [7, 11) is 0. The second kappa shape index (κ2) is 5.03. The molecule has 3 heteroatoms. The van der Waals surface area contributed by atoms with E-state index in [1.807, 2.05) is 31.2 Å². The van der Waals surface area contributed by atoms with Crippen LogP contribution in [-0.4, -0.2) is 0 Å². The lowest BCUT2D eigenvalue weighted by Gasteiger charge is -2.11. The number of nitrogens with one attached hydrogen (secondary N) is 1. The summed E-state index contributed by atoms with van der Waals surface area (Å²) in [5.74, 6) is 0. The number of nitriles is 2. The first-order chi connectivity index (χ1) is 8.74. The molecule has 0 aliphatic rings. The topological polar surface area (TPSA) is 59.6 Å². The van der Waals surface area contributed by atoms with Gasteiger partial charge in [0.2, 0.25) is 0 Å². The van der Waals surface area contributed by atoms with Crippen molar-refractivity contribution in [2.24, 2.45) is 0 Å². The van der Waals surface area contributed by atoms with Gasteiger partial charge >= 0.3 is 0 Å². The van der Waals surface area contributed by atoms with Gasteiger partial charge in [-0.05, 0) is 36.8 Å². The van der Waals surface area contributed by atoms with E-state index in [9.17, 15) is 0 Å². The number of nitrogens with zero attached hydrogens (tertiary/aromatic N) is 2. The van der Waals surface area contributed by atoms with Gasteiger partial charge in [-0.1, -0.05) is 18.2 Å². The molecule has 0 radical (unpaired) electrons. The summed E-state index contributed by atoms with van der Waals surface area (Å²) in [6, 6.07) is 17.0. The number of para-hydroxylation sites is 1. The van der Waals surface area contributed by atoms with E-state index in [1.165, 1.54) is 0 Å². The SMILES string of the molecule is Cc1ccc(C#N)cc1Nc1ccccc1C#N. The van der Waals surface area contributed by atoms with Crippen molar-refractivity contribution in [3.05, 3.63) is 59.2 Å². The zero-order chi connectivity index (χ0) is 13.0. The lowest BCUT2D eigenvalue weighted by molar-refractivity contribution is 1.39. The van der Waals surface area contributed by atoms with Crippen LogP contribution < -0.4 is 5.32 Å². The molecule has 0 unspecified atom stereocenters. The second-order valence-corrected chi connectivity index (χ2v) is 3.92. The van der Waals surface area contributed by atoms with Gasteiger partial charge in [0.15, 0.2) is 0 Å². The van der Waals surface area contributed by atoms with Crippen molar-refractivity contribution in [2.75, 3.05) is 5.32 Å². The molecule has 0 fully saturated rings. The molecule has 0 atom stereocenters. The first-order valence-corrected chi connectivity index (χ1v) is 5.51. The summed E-state index contributed by atoms with van der Waals surface area (Å²) < 4.78 is 0. The quantitative estimate of drug-likeness (QED) is 0.863. The summed E-state index contributed by atoms with van der Waals surface area (Å²) >= 11 is 0. The van der Waals surface area contributed by atoms with Crippen LogP contribution in [0.1, 0.15) is 16.7 Å². The predicted molar refractivity (Wildman–Crippen MR) is 70.3 cm³/mol. The fourth-order valence-electron chi connectivity index (χ4n) is 1.66. The normalized spacial score (nSPS) is 9.28. The van der Waals surface area contributed by atoms with Crippen LogP contribution >= 0.6 is 0 Å². The average molecular weight is 233 g/mol. The first kappa shape index (κ1) is 11.7. The van der Waals surface area contributed by atoms with Gasteiger partial charge in [0, 0.05) is 5.69 Å². The Morgan fingerprint density at radius 3 is 2.44 bits per heavy atom.